The van der Waals surface area contributed by atoms with Crippen LogP contribution >= 0.6 is 24.0 Å². The van der Waals surface area contributed by atoms with E-state index in [-0.39, 0.29) is 42.5 Å². The lowest BCUT2D eigenvalue weighted by molar-refractivity contribution is -0.127. The number of nitrogens with one attached hydrogen (secondary N) is 2. The van der Waals surface area contributed by atoms with Crippen molar-refractivity contribution in [1.29, 1.82) is 0 Å². The van der Waals surface area contributed by atoms with Gasteiger partial charge in [-0.3, -0.25) is 4.79 Å². The Labute approximate surface area is 157 Å². The van der Waals surface area contributed by atoms with Gasteiger partial charge in [0.05, 0.1) is 6.04 Å². The van der Waals surface area contributed by atoms with E-state index in [4.69, 9.17) is 0 Å². The number of rotatable bonds is 6. The number of carbonyl (C=O) groups excluding carboxylic acids is 1. The fraction of sp³-hybridized carbons (Fsp3) is 0.529. The topological polar surface area (TPSA) is 56.7 Å². The molecule has 0 aliphatic rings. The van der Waals surface area contributed by atoms with Gasteiger partial charge >= 0.3 is 0 Å². The Morgan fingerprint density at radius 3 is 2.52 bits per heavy atom. The van der Waals surface area contributed by atoms with Crippen LogP contribution in [0.1, 0.15) is 37.4 Å². The van der Waals surface area contributed by atoms with E-state index in [1.54, 1.807) is 19.0 Å². The number of hydrogen-bond acceptors (Lipinski definition) is 2. The van der Waals surface area contributed by atoms with Gasteiger partial charge in [-0.1, -0.05) is 31.2 Å². The molecule has 1 amide bonds. The van der Waals surface area contributed by atoms with E-state index in [0.717, 1.165) is 13.0 Å². The summed E-state index contributed by atoms with van der Waals surface area (Å²) in [7, 11) is 3.47. The molecule has 0 fully saturated rings. The zero-order chi connectivity index (χ0) is 16.5. The Morgan fingerprint density at radius 2 is 1.96 bits per heavy atom. The monoisotopic (exact) mass is 432 g/mol. The fourth-order valence-electron chi connectivity index (χ4n) is 2.04. The summed E-state index contributed by atoms with van der Waals surface area (Å²) in [5, 5.41) is 6.62. The van der Waals surface area contributed by atoms with Gasteiger partial charge in [0.1, 0.15) is 6.54 Å². The number of hydrogen-bond donors (Lipinski definition) is 2. The summed E-state index contributed by atoms with van der Waals surface area (Å²) in [6.45, 7) is 7.26. The van der Waals surface area contributed by atoms with Gasteiger partial charge in [0.2, 0.25) is 5.91 Å². The van der Waals surface area contributed by atoms with Crippen LogP contribution in [0.5, 0.6) is 0 Å². The van der Waals surface area contributed by atoms with E-state index in [1.165, 1.54) is 11.1 Å². The van der Waals surface area contributed by atoms with Gasteiger partial charge in [0, 0.05) is 20.6 Å². The molecule has 0 aliphatic carbocycles. The highest BCUT2D eigenvalue weighted by Gasteiger charge is 2.10. The maximum atomic E-state index is 11.7. The van der Waals surface area contributed by atoms with Crippen molar-refractivity contribution < 1.29 is 4.79 Å². The molecule has 0 aliphatic heterocycles. The molecule has 130 valence electrons. The molecule has 0 spiro atoms. The molecule has 0 saturated heterocycles. The highest BCUT2D eigenvalue weighted by atomic mass is 127. The number of carbonyl (C=O) groups is 1. The number of aliphatic imine (C=N–C) groups is 1. The first-order valence-corrected chi connectivity index (χ1v) is 7.76. The molecule has 2 N–H and O–H groups in total. The molecule has 0 saturated carbocycles. The summed E-state index contributed by atoms with van der Waals surface area (Å²) in [4.78, 5) is 17.6. The SMILES string of the molecule is CCCNC(=NCC(=O)N(C)C)NC(C)c1ccccc1C.I. The van der Waals surface area contributed by atoms with Crippen molar-refractivity contribution in [2.75, 3.05) is 27.2 Å². The molecule has 5 nitrogen and oxygen atoms in total. The lowest BCUT2D eigenvalue weighted by atomic mass is 10.0. The van der Waals surface area contributed by atoms with Crippen molar-refractivity contribution in [3.63, 3.8) is 0 Å². The van der Waals surface area contributed by atoms with Crippen LogP contribution in [0, 0.1) is 6.92 Å². The van der Waals surface area contributed by atoms with Crippen molar-refractivity contribution >= 4 is 35.8 Å². The van der Waals surface area contributed by atoms with Crippen molar-refractivity contribution in [2.24, 2.45) is 4.99 Å². The summed E-state index contributed by atoms with van der Waals surface area (Å²) < 4.78 is 0. The Kier molecular flexibility index (Phi) is 10.6. The van der Waals surface area contributed by atoms with Crippen molar-refractivity contribution in [1.82, 2.24) is 15.5 Å². The molecule has 1 aromatic carbocycles. The van der Waals surface area contributed by atoms with Crippen LogP contribution in [0.4, 0.5) is 0 Å². The number of likely N-dealkylation sites (N-methyl/N-ethyl adjacent to an activating group) is 1. The van der Waals surface area contributed by atoms with Crippen LogP contribution in [-0.4, -0.2) is 44.0 Å². The molecule has 0 bridgehead atoms. The van der Waals surface area contributed by atoms with Crippen LogP contribution in [-0.2, 0) is 4.79 Å². The number of halogens is 1. The molecule has 0 aromatic heterocycles. The third kappa shape index (κ3) is 7.67. The van der Waals surface area contributed by atoms with Gasteiger partial charge < -0.3 is 15.5 Å². The van der Waals surface area contributed by atoms with Gasteiger partial charge in [-0.2, -0.15) is 0 Å². The highest BCUT2D eigenvalue weighted by Crippen LogP contribution is 2.16. The Hall–Kier alpha value is -1.31. The average molecular weight is 432 g/mol. The summed E-state index contributed by atoms with van der Waals surface area (Å²) in [6.07, 6.45) is 1.00. The number of benzene rings is 1. The summed E-state index contributed by atoms with van der Waals surface area (Å²) in [5.41, 5.74) is 2.47. The molecular weight excluding hydrogens is 403 g/mol. The van der Waals surface area contributed by atoms with Crippen molar-refractivity contribution in [3.8, 4) is 0 Å². The molecule has 6 heteroatoms. The third-order valence-electron chi connectivity index (χ3n) is 3.42. The number of aryl methyl sites for hydroxylation is 1. The van der Waals surface area contributed by atoms with Gasteiger partial charge in [0.15, 0.2) is 5.96 Å². The summed E-state index contributed by atoms with van der Waals surface area (Å²) in [5.74, 6) is 0.661. The average Bonchev–Trinajstić information content (AvgIpc) is 2.49. The molecule has 1 atom stereocenters. The lowest BCUT2D eigenvalue weighted by Gasteiger charge is -2.20. The predicted octanol–water partition coefficient (Wildman–Crippen LogP) is 2.71. The highest BCUT2D eigenvalue weighted by molar-refractivity contribution is 14.0. The quantitative estimate of drug-likeness (QED) is 0.413. The Bertz CT molecular complexity index is 517. The van der Waals surface area contributed by atoms with E-state index in [9.17, 15) is 4.79 Å². The standard InChI is InChI=1S/C17H28N4O.HI/c1-6-11-18-17(19-12-16(22)21(4)5)20-14(3)15-10-8-7-9-13(15)2;/h7-10,14H,6,11-12H2,1-5H3,(H2,18,19,20);1H. The Morgan fingerprint density at radius 1 is 1.30 bits per heavy atom. The second-order valence-electron chi connectivity index (χ2n) is 5.60. The van der Waals surface area contributed by atoms with E-state index in [1.807, 2.05) is 12.1 Å². The van der Waals surface area contributed by atoms with Crippen LogP contribution < -0.4 is 10.6 Å². The lowest BCUT2D eigenvalue weighted by Crippen LogP contribution is -2.40. The molecule has 1 unspecified atom stereocenters. The van der Waals surface area contributed by atoms with E-state index in [0.29, 0.717) is 5.96 Å². The third-order valence-corrected chi connectivity index (χ3v) is 3.42. The first-order valence-electron chi connectivity index (χ1n) is 7.76. The van der Waals surface area contributed by atoms with E-state index < -0.39 is 0 Å². The molecule has 1 rings (SSSR count). The van der Waals surface area contributed by atoms with Crippen LogP contribution in [0.3, 0.4) is 0 Å². The zero-order valence-corrected chi connectivity index (χ0v) is 17.0. The smallest absolute Gasteiger partial charge is 0.243 e. The van der Waals surface area contributed by atoms with E-state index in [2.05, 4.69) is 48.5 Å². The predicted molar refractivity (Wildman–Crippen MR) is 107 cm³/mol. The largest absolute Gasteiger partial charge is 0.356 e. The number of nitrogens with zero attached hydrogens (tertiary/aromatic N) is 2. The molecule has 0 heterocycles. The van der Waals surface area contributed by atoms with Gasteiger partial charge in [-0.25, -0.2) is 4.99 Å². The first-order chi connectivity index (χ1) is 10.5. The van der Waals surface area contributed by atoms with Gasteiger partial charge in [-0.15, -0.1) is 24.0 Å². The second kappa shape index (κ2) is 11.3. The second-order valence-corrected chi connectivity index (χ2v) is 5.60. The molecule has 0 radical (unpaired) electrons. The van der Waals surface area contributed by atoms with E-state index >= 15 is 0 Å². The van der Waals surface area contributed by atoms with Gasteiger partial charge in [-0.05, 0) is 31.4 Å². The van der Waals surface area contributed by atoms with Crippen molar-refractivity contribution in [3.05, 3.63) is 35.4 Å². The molecule has 23 heavy (non-hydrogen) atoms. The fourth-order valence-corrected chi connectivity index (χ4v) is 2.04. The number of amides is 1. The van der Waals surface area contributed by atoms with Crippen LogP contribution in [0.15, 0.2) is 29.3 Å². The summed E-state index contributed by atoms with van der Waals surface area (Å²) in [6, 6.07) is 8.39. The first kappa shape index (κ1) is 21.7. The molecular formula is C17H29IN4O. The van der Waals surface area contributed by atoms with Crippen LogP contribution in [0.25, 0.3) is 0 Å². The Balaban J connectivity index is 0.00000484. The molecule has 1 aromatic rings. The minimum atomic E-state index is -0.0128. The summed E-state index contributed by atoms with van der Waals surface area (Å²) >= 11 is 0. The van der Waals surface area contributed by atoms with Gasteiger partial charge in [0.25, 0.3) is 0 Å². The maximum absolute atomic E-state index is 11.7. The van der Waals surface area contributed by atoms with Crippen LogP contribution in [0.2, 0.25) is 0 Å². The number of guanidine groups is 1. The minimum absolute atomic E-state index is 0. The van der Waals surface area contributed by atoms with Crippen molar-refractivity contribution in [2.45, 2.75) is 33.2 Å². The zero-order valence-electron chi connectivity index (χ0n) is 14.7. The maximum Gasteiger partial charge on any atom is 0.243 e. The normalized spacial score (nSPS) is 12.1. The minimum Gasteiger partial charge on any atom is -0.356 e.